The van der Waals surface area contributed by atoms with E-state index in [-0.39, 0.29) is 12.1 Å². The van der Waals surface area contributed by atoms with Crippen molar-refractivity contribution in [3.8, 4) is 5.88 Å². The second kappa shape index (κ2) is 6.07. The molecule has 1 aliphatic carbocycles. The molecular weight excluding hydrogens is 288 g/mol. The number of ether oxygens (including phenoxy) is 1. The Bertz CT molecular complexity index is 510. The molecule has 1 fully saturated rings. The van der Waals surface area contributed by atoms with Crippen molar-refractivity contribution in [1.29, 1.82) is 0 Å². The van der Waals surface area contributed by atoms with E-state index in [0.717, 1.165) is 25.7 Å². The van der Waals surface area contributed by atoms with Gasteiger partial charge in [0.1, 0.15) is 6.10 Å². The third kappa shape index (κ3) is 4.97. The topological polar surface area (TPSA) is 68.3 Å². The van der Waals surface area contributed by atoms with Gasteiger partial charge in [0.25, 0.3) is 0 Å². The summed E-state index contributed by atoms with van der Waals surface area (Å²) in [5.41, 5.74) is 0. The maximum Gasteiger partial charge on any atom is 0.213 e. The first-order chi connectivity index (χ1) is 8.92. The Kier molecular flexibility index (Phi) is 4.65. The molecular formula is C12H17ClN2O3S. The lowest BCUT2D eigenvalue weighted by Gasteiger charge is -2.28. The normalized spacial score (nSPS) is 24.1. The van der Waals surface area contributed by atoms with Crippen LogP contribution in [-0.4, -0.2) is 31.8 Å². The molecule has 1 heterocycles. The average Bonchev–Trinajstić information content (AvgIpc) is 2.33. The Balaban J connectivity index is 1.82. The van der Waals surface area contributed by atoms with Crippen molar-refractivity contribution in [3.63, 3.8) is 0 Å². The molecule has 0 amide bonds. The molecule has 0 atom stereocenters. The molecule has 1 aromatic heterocycles. The highest BCUT2D eigenvalue weighted by atomic mass is 35.5. The minimum atomic E-state index is -3.12. The summed E-state index contributed by atoms with van der Waals surface area (Å²) in [6.45, 7) is 0. The third-order valence-electron chi connectivity index (χ3n) is 3.04. The summed E-state index contributed by atoms with van der Waals surface area (Å²) in [5.74, 6) is 0.559. The summed E-state index contributed by atoms with van der Waals surface area (Å²) in [6, 6.07) is 3.50. The van der Waals surface area contributed by atoms with Crippen LogP contribution in [0, 0.1) is 0 Å². The fourth-order valence-corrected chi connectivity index (χ4v) is 3.16. The summed E-state index contributed by atoms with van der Waals surface area (Å²) in [7, 11) is -3.12. The first-order valence-electron chi connectivity index (χ1n) is 6.18. The van der Waals surface area contributed by atoms with E-state index in [9.17, 15) is 8.42 Å². The van der Waals surface area contributed by atoms with Gasteiger partial charge in [-0.05, 0) is 31.7 Å². The highest BCUT2D eigenvalue weighted by molar-refractivity contribution is 7.88. The molecule has 0 unspecified atom stereocenters. The Morgan fingerprint density at radius 3 is 2.53 bits per heavy atom. The van der Waals surface area contributed by atoms with Gasteiger partial charge in [-0.25, -0.2) is 18.1 Å². The number of nitrogens with zero attached hydrogens (tertiary/aromatic N) is 1. The largest absolute Gasteiger partial charge is 0.474 e. The lowest BCUT2D eigenvalue weighted by Crippen LogP contribution is -2.39. The molecule has 1 saturated carbocycles. The van der Waals surface area contributed by atoms with Crippen LogP contribution in [0.5, 0.6) is 5.88 Å². The van der Waals surface area contributed by atoms with Crippen molar-refractivity contribution in [3.05, 3.63) is 23.4 Å². The number of pyridine rings is 1. The molecule has 0 radical (unpaired) electrons. The van der Waals surface area contributed by atoms with E-state index in [1.807, 2.05) is 0 Å². The van der Waals surface area contributed by atoms with Gasteiger partial charge >= 0.3 is 0 Å². The molecule has 0 saturated heterocycles. The zero-order valence-electron chi connectivity index (χ0n) is 10.7. The van der Waals surface area contributed by atoms with Crippen molar-refractivity contribution in [2.24, 2.45) is 0 Å². The molecule has 1 N–H and O–H groups in total. The molecule has 1 aliphatic rings. The van der Waals surface area contributed by atoms with E-state index in [4.69, 9.17) is 16.3 Å². The average molecular weight is 305 g/mol. The maximum atomic E-state index is 11.1. The van der Waals surface area contributed by atoms with Crippen LogP contribution in [0.2, 0.25) is 5.02 Å². The van der Waals surface area contributed by atoms with Crippen LogP contribution in [0.1, 0.15) is 25.7 Å². The quantitative estimate of drug-likeness (QED) is 0.923. The van der Waals surface area contributed by atoms with Crippen LogP contribution in [0.25, 0.3) is 0 Å². The first-order valence-corrected chi connectivity index (χ1v) is 8.45. The molecule has 0 bridgehead atoms. The van der Waals surface area contributed by atoms with Gasteiger partial charge in [0.05, 0.1) is 11.3 Å². The van der Waals surface area contributed by atoms with Gasteiger partial charge in [0.15, 0.2) is 0 Å². The SMILES string of the molecule is CS(=O)(=O)NC1CCC(Oc2ccc(Cl)cn2)CC1. The summed E-state index contributed by atoms with van der Waals surface area (Å²) in [5, 5.41) is 0.577. The molecule has 2 rings (SSSR count). The molecule has 19 heavy (non-hydrogen) atoms. The van der Waals surface area contributed by atoms with Crippen molar-refractivity contribution in [1.82, 2.24) is 9.71 Å². The van der Waals surface area contributed by atoms with Crippen molar-refractivity contribution < 1.29 is 13.2 Å². The number of nitrogens with one attached hydrogen (secondary N) is 1. The number of sulfonamides is 1. The summed E-state index contributed by atoms with van der Waals surface area (Å²) in [4.78, 5) is 4.09. The van der Waals surface area contributed by atoms with Gasteiger partial charge in [-0.3, -0.25) is 0 Å². The van der Waals surface area contributed by atoms with E-state index in [2.05, 4.69) is 9.71 Å². The second-order valence-electron chi connectivity index (χ2n) is 4.80. The minimum absolute atomic E-state index is 0.0213. The highest BCUT2D eigenvalue weighted by Gasteiger charge is 2.24. The fourth-order valence-electron chi connectivity index (χ4n) is 2.20. The minimum Gasteiger partial charge on any atom is -0.474 e. The van der Waals surface area contributed by atoms with Crippen LogP contribution in [0.3, 0.4) is 0 Å². The Hall–Kier alpha value is -0.850. The Morgan fingerprint density at radius 2 is 2.00 bits per heavy atom. The zero-order valence-corrected chi connectivity index (χ0v) is 12.2. The van der Waals surface area contributed by atoms with Crippen molar-refractivity contribution >= 4 is 21.6 Å². The van der Waals surface area contributed by atoms with Crippen LogP contribution in [0.15, 0.2) is 18.3 Å². The molecule has 0 aromatic carbocycles. The first kappa shape index (κ1) is 14.6. The molecule has 5 nitrogen and oxygen atoms in total. The van der Waals surface area contributed by atoms with E-state index >= 15 is 0 Å². The van der Waals surface area contributed by atoms with Crippen molar-refractivity contribution in [2.45, 2.75) is 37.8 Å². The second-order valence-corrected chi connectivity index (χ2v) is 7.01. The van der Waals surface area contributed by atoms with Gasteiger partial charge in [-0.15, -0.1) is 0 Å². The number of hydrogen-bond acceptors (Lipinski definition) is 4. The smallest absolute Gasteiger partial charge is 0.213 e. The van der Waals surface area contributed by atoms with E-state index < -0.39 is 10.0 Å². The number of hydrogen-bond donors (Lipinski definition) is 1. The fraction of sp³-hybridized carbons (Fsp3) is 0.583. The monoisotopic (exact) mass is 304 g/mol. The van der Waals surface area contributed by atoms with Gasteiger partial charge in [-0.2, -0.15) is 0 Å². The molecule has 0 aliphatic heterocycles. The summed E-state index contributed by atoms with van der Waals surface area (Å²) >= 11 is 5.75. The lowest BCUT2D eigenvalue weighted by molar-refractivity contribution is 0.138. The number of aromatic nitrogens is 1. The van der Waals surface area contributed by atoms with Gasteiger partial charge < -0.3 is 4.74 Å². The molecule has 1 aromatic rings. The van der Waals surface area contributed by atoms with Crippen LogP contribution in [0.4, 0.5) is 0 Å². The van der Waals surface area contributed by atoms with E-state index in [1.165, 1.54) is 6.26 Å². The van der Waals surface area contributed by atoms with Crippen LogP contribution in [-0.2, 0) is 10.0 Å². The summed E-state index contributed by atoms with van der Waals surface area (Å²) < 4.78 is 30.7. The van der Waals surface area contributed by atoms with Crippen LogP contribution < -0.4 is 9.46 Å². The van der Waals surface area contributed by atoms with Crippen LogP contribution >= 0.6 is 11.6 Å². The molecule has 7 heteroatoms. The highest BCUT2D eigenvalue weighted by Crippen LogP contribution is 2.23. The zero-order chi connectivity index (χ0) is 13.9. The van der Waals surface area contributed by atoms with E-state index in [0.29, 0.717) is 10.9 Å². The van der Waals surface area contributed by atoms with Gasteiger partial charge in [0.2, 0.25) is 15.9 Å². The predicted octanol–water partition coefficient (Wildman–Crippen LogP) is 1.97. The van der Waals surface area contributed by atoms with Crippen molar-refractivity contribution in [2.75, 3.05) is 6.26 Å². The van der Waals surface area contributed by atoms with Gasteiger partial charge in [0, 0.05) is 18.3 Å². The Labute approximate surface area is 118 Å². The number of rotatable bonds is 4. The number of halogens is 1. The third-order valence-corrected chi connectivity index (χ3v) is 4.03. The maximum absolute atomic E-state index is 11.1. The lowest BCUT2D eigenvalue weighted by atomic mass is 9.94. The van der Waals surface area contributed by atoms with Gasteiger partial charge in [-0.1, -0.05) is 11.6 Å². The van der Waals surface area contributed by atoms with E-state index in [1.54, 1.807) is 18.3 Å². The Morgan fingerprint density at radius 1 is 1.32 bits per heavy atom. The predicted molar refractivity (Wildman–Crippen MR) is 73.9 cm³/mol. The summed E-state index contributed by atoms with van der Waals surface area (Å²) in [6.07, 6.45) is 6.03. The molecule has 0 spiro atoms. The standard InChI is InChI=1S/C12H17ClN2O3S/c1-19(16,17)15-10-3-5-11(6-4-10)18-12-7-2-9(13)8-14-12/h2,7-8,10-11,15H,3-6H2,1H3. The molecule has 106 valence electrons.